The third kappa shape index (κ3) is 4.26. The second kappa shape index (κ2) is 5.80. The molecule has 17 heavy (non-hydrogen) atoms. The lowest BCUT2D eigenvalue weighted by Crippen LogP contribution is -2.31. The third-order valence-electron chi connectivity index (χ3n) is 2.24. The molecule has 1 aromatic rings. The van der Waals surface area contributed by atoms with Crippen LogP contribution in [-0.4, -0.2) is 10.5 Å². The molecule has 0 saturated carbocycles. The number of rotatable bonds is 4. The Hall–Kier alpha value is -0.650. The minimum absolute atomic E-state index is 0.0545. The fraction of sp³-hybridized carbons (Fsp3) is 0.500. The number of thioether (sulfide) groups is 1. The van der Waals surface area contributed by atoms with Crippen molar-refractivity contribution in [2.24, 2.45) is 5.84 Å². The third-order valence-corrected chi connectivity index (χ3v) is 3.61. The summed E-state index contributed by atoms with van der Waals surface area (Å²) in [6, 6.07) is 3.74. The second-order valence-corrected chi connectivity index (χ2v) is 6.63. The molecule has 0 aliphatic rings. The first-order chi connectivity index (χ1) is 7.85. The number of nitrogens with one attached hydrogen (secondary N) is 1. The highest BCUT2D eigenvalue weighted by atomic mass is 32.2. The topological polar surface area (TPSA) is 38.0 Å². The van der Waals surface area contributed by atoms with E-state index in [0.717, 1.165) is 6.07 Å². The van der Waals surface area contributed by atoms with Crippen LogP contribution in [0, 0.1) is 11.6 Å². The molecule has 0 aliphatic heterocycles. The molecule has 0 amide bonds. The largest absolute Gasteiger partial charge is 0.271 e. The molecular weight excluding hydrogens is 242 g/mol. The first-order valence-electron chi connectivity index (χ1n) is 5.39. The van der Waals surface area contributed by atoms with Gasteiger partial charge in [-0.15, -0.1) is 0 Å². The van der Waals surface area contributed by atoms with Gasteiger partial charge in [0.1, 0.15) is 0 Å². The van der Waals surface area contributed by atoms with E-state index >= 15 is 0 Å². The molecule has 0 aromatic heterocycles. The van der Waals surface area contributed by atoms with Crippen molar-refractivity contribution in [1.29, 1.82) is 0 Å². The Kier molecular flexibility index (Phi) is 4.91. The lowest BCUT2D eigenvalue weighted by molar-refractivity contribution is 0.478. The van der Waals surface area contributed by atoms with Gasteiger partial charge in [0.2, 0.25) is 0 Å². The van der Waals surface area contributed by atoms with E-state index in [1.165, 1.54) is 6.07 Å². The zero-order valence-electron chi connectivity index (χ0n) is 10.3. The summed E-state index contributed by atoms with van der Waals surface area (Å²) in [7, 11) is 0. The predicted octanol–water partition coefficient (Wildman–Crippen LogP) is 3.00. The maximum absolute atomic E-state index is 13.6. The molecule has 0 radical (unpaired) electrons. The molecule has 3 N–H and O–H groups in total. The van der Waals surface area contributed by atoms with Crippen LogP contribution in [-0.2, 0) is 0 Å². The molecule has 1 atom stereocenters. The zero-order chi connectivity index (χ0) is 13.1. The van der Waals surface area contributed by atoms with Crippen molar-refractivity contribution >= 4 is 11.8 Å². The van der Waals surface area contributed by atoms with Crippen LogP contribution in [0.15, 0.2) is 18.2 Å². The molecule has 5 heteroatoms. The van der Waals surface area contributed by atoms with Crippen LogP contribution in [0.1, 0.15) is 32.4 Å². The Bertz CT molecular complexity index is 377. The summed E-state index contributed by atoms with van der Waals surface area (Å²) in [6.07, 6.45) is 0. The number of halogens is 2. The van der Waals surface area contributed by atoms with Crippen molar-refractivity contribution in [1.82, 2.24) is 5.43 Å². The molecule has 1 aromatic carbocycles. The van der Waals surface area contributed by atoms with Gasteiger partial charge in [-0.1, -0.05) is 32.9 Å². The van der Waals surface area contributed by atoms with Crippen molar-refractivity contribution in [3.63, 3.8) is 0 Å². The normalized spacial score (nSPS) is 13.8. The molecule has 0 saturated heterocycles. The van der Waals surface area contributed by atoms with Gasteiger partial charge in [-0.2, -0.15) is 11.8 Å². The number of hydrogen-bond acceptors (Lipinski definition) is 3. The summed E-state index contributed by atoms with van der Waals surface area (Å²) >= 11 is 1.64. The molecule has 0 fully saturated rings. The van der Waals surface area contributed by atoms with Crippen LogP contribution in [0.25, 0.3) is 0 Å². The highest BCUT2D eigenvalue weighted by Gasteiger charge is 2.20. The van der Waals surface area contributed by atoms with E-state index in [0.29, 0.717) is 5.75 Å². The van der Waals surface area contributed by atoms with Crippen LogP contribution in [0.2, 0.25) is 0 Å². The van der Waals surface area contributed by atoms with Crippen LogP contribution < -0.4 is 11.3 Å². The zero-order valence-corrected chi connectivity index (χ0v) is 11.1. The first-order valence-corrected chi connectivity index (χ1v) is 6.37. The summed E-state index contributed by atoms with van der Waals surface area (Å²) in [6.45, 7) is 6.19. The Morgan fingerprint density at radius 1 is 1.35 bits per heavy atom. The van der Waals surface area contributed by atoms with Gasteiger partial charge in [0, 0.05) is 16.1 Å². The summed E-state index contributed by atoms with van der Waals surface area (Å²) in [5, 5.41) is 0. The molecule has 0 bridgehead atoms. The highest BCUT2D eigenvalue weighted by molar-refractivity contribution is 8.00. The fourth-order valence-corrected chi connectivity index (χ4v) is 2.29. The molecule has 1 unspecified atom stereocenters. The van der Waals surface area contributed by atoms with Crippen molar-refractivity contribution in [2.75, 3.05) is 5.75 Å². The van der Waals surface area contributed by atoms with E-state index in [-0.39, 0.29) is 10.3 Å². The lowest BCUT2D eigenvalue weighted by Gasteiger charge is -2.23. The second-order valence-electron chi connectivity index (χ2n) is 4.79. The quantitative estimate of drug-likeness (QED) is 0.645. The summed E-state index contributed by atoms with van der Waals surface area (Å²) in [5.74, 6) is 4.31. The number of hydrogen-bond donors (Lipinski definition) is 2. The van der Waals surface area contributed by atoms with E-state index in [4.69, 9.17) is 5.84 Å². The molecule has 96 valence electrons. The van der Waals surface area contributed by atoms with Crippen LogP contribution in [0.3, 0.4) is 0 Å². The van der Waals surface area contributed by atoms with Crippen molar-refractivity contribution in [2.45, 2.75) is 31.6 Å². The minimum Gasteiger partial charge on any atom is -0.271 e. The molecular formula is C12H18F2N2S. The number of benzene rings is 1. The Morgan fingerprint density at radius 3 is 2.53 bits per heavy atom. The van der Waals surface area contributed by atoms with Gasteiger partial charge < -0.3 is 0 Å². The average molecular weight is 260 g/mol. The standard InChI is InChI=1S/C12H18F2N2S/c1-12(2,3)17-7-10(16-15)8-5-4-6-9(13)11(8)14/h4-6,10,16H,7,15H2,1-3H3. The van der Waals surface area contributed by atoms with Gasteiger partial charge in [0.05, 0.1) is 6.04 Å². The number of hydrazine groups is 1. The monoisotopic (exact) mass is 260 g/mol. The molecule has 0 spiro atoms. The van der Waals surface area contributed by atoms with Gasteiger partial charge in [0.25, 0.3) is 0 Å². The van der Waals surface area contributed by atoms with E-state index in [1.54, 1.807) is 17.8 Å². The van der Waals surface area contributed by atoms with E-state index in [1.807, 2.05) is 0 Å². The fourth-order valence-electron chi connectivity index (χ4n) is 1.35. The maximum Gasteiger partial charge on any atom is 0.163 e. The lowest BCUT2D eigenvalue weighted by atomic mass is 10.1. The Labute approximate surface area is 105 Å². The van der Waals surface area contributed by atoms with Gasteiger partial charge in [0.15, 0.2) is 11.6 Å². The average Bonchev–Trinajstić information content (AvgIpc) is 2.23. The van der Waals surface area contributed by atoms with Gasteiger partial charge in [-0.3, -0.25) is 11.3 Å². The van der Waals surface area contributed by atoms with Crippen LogP contribution in [0.4, 0.5) is 8.78 Å². The molecule has 0 heterocycles. The SMILES string of the molecule is CC(C)(C)SCC(NN)c1cccc(F)c1F. The van der Waals surface area contributed by atoms with Crippen LogP contribution in [0.5, 0.6) is 0 Å². The smallest absolute Gasteiger partial charge is 0.163 e. The summed E-state index contributed by atoms with van der Waals surface area (Å²) < 4.78 is 26.7. The van der Waals surface area contributed by atoms with E-state index < -0.39 is 17.7 Å². The molecule has 2 nitrogen and oxygen atoms in total. The Balaban J connectivity index is 2.83. The predicted molar refractivity (Wildman–Crippen MR) is 68.6 cm³/mol. The first kappa shape index (κ1) is 14.4. The maximum atomic E-state index is 13.6. The van der Waals surface area contributed by atoms with Crippen LogP contribution >= 0.6 is 11.8 Å². The van der Waals surface area contributed by atoms with Gasteiger partial charge in [-0.25, -0.2) is 8.78 Å². The van der Waals surface area contributed by atoms with Crippen molar-refractivity contribution in [3.8, 4) is 0 Å². The highest BCUT2D eigenvalue weighted by Crippen LogP contribution is 2.29. The van der Waals surface area contributed by atoms with Crippen molar-refractivity contribution < 1.29 is 8.78 Å². The minimum atomic E-state index is -0.844. The van der Waals surface area contributed by atoms with Gasteiger partial charge >= 0.3 is 0 Å². The van der Waals surface area contributed by atoms with Crippen molar-refractivity contribution in [3.05, 3.63) is 35.4 Å². The molecule has 1 rings (SSSR count). The summed E-state index contributed by atoms with van der Waals surface area (Å²) in [4.78, 5) is 0. The molecule has 0 aliphatic carbocycles. The number of nitrogens with two attached hydrogens (primary N) is 1. The van der Waals surface area contributed by atoms with E-state index in [2.05, 4.69) is 26.2 Å². The summed E-state index contributed by atoms with van der Waals surface area (Å²) in [5.41, 5.74) is 2.80. The van der Waals surface area contributed by atoms with Gasteiger partial charge in [-0.05, 0) is 6.07 Å². The Morgan fingerprint density at radius 2 is 2.00 bits per heavy atom. The van der Waals surface area contributed by atoms with E-state index in [9.17, 15) is 8.78 Å².